The maximum Gasteiger partial charge on any atom is 0.263 e. The van der Waals surface area contributed by atoms with Gasteiger partial charge in [0.2, 0.25) is 11.8 Å². The maximum absolute atomic E-state index is 14.8. The van der Waals surface area contributed by atoms with E-state index in [1.54, 1.807) is 14.7 Å². The highest BCUT2D eigenvalue weighted by Crippen LogP contribution is 2.59. The minimum Gasteiger partial charge on any atom is -0.336 e. The van der Waals surface area contributed by atoms with Gasteiger partial charge >= 0.3 is 0 Å². The number of halogens is 6. The molecule has 12 rings (SSSR count). The van der Waals surface area contributed by atoms with Crippen LogP contribution in [0.2, 0.25) is 20.1 Å². The molecule has 4 saturated heterocycles. The van der Waals surface area contributed by atoms with Crippen molar-refractivity contribution < 1.29 is 28.0 Å². The van der Waals surface area contributed by atoms with Gasteiger partial charge in [0.25, 0.3) is 11.8 Å². The third-order valence-electron chi connectivity index (χ3n) is 18.9. The van der Waals surface area contributed by atoms with Crippen LogP contribution in [0.25, 0.3) is 0 Å². The second-order valence-corrected chi connectivity index (χ2v) is 29.4. The molecule has 468 valence electrons. The molecule has 2 N–H and O–H groups in total. The number of nitrogens with two attached hydrogens (primary N) is 1. The first-order chi connectivity index (χ1) is 41.7. The molecule has 4 fully saturated rings. The number of alkyl halides is 2. The first kappa shape index (κ1) is 64.4. The van der Waals surface area contributed by atoms with E-state index in [1.807, 2.05) is 130 Å². The van der Waals surface area contributed by atoms with Gasteiger partial charge in [-0.15, -0.1) is 0 Å². The monoisotopic (exact) mass is 1310 g/mol. The van der Waals surface area contributed by atoms with Crippen LogP contribution < -0.4 is 5.73 Å². The summed E-state index contributed by atoms with van der Waals surface area (Å²) in [5.74, 6) is -0.760. The topological polar surface area (TPSA) is 142 Å². The van der Waals surface area contributed by atoms with Gasteiger partial charge in [0.05, 0.1) is 37.3 Å². The van der Waals surface area contributed by atoms with Crippen LogP contribution in [0.1, 0.15) is 115 Å². The van der Waals surface area contributed by atoms with Crippen molar-refractivity contribution in [1.29, 1.82) is 0 Å². The number of allylic oxidation sites excluding steroid dienone is 2. The summed E-state index contributed by atoms with van der Waals surface area (Å²) in [5, 5.41) is 4.07. The van der Waals surface area contributed by atoms with Crippen molar-refractivity contribution in [1.82, 2.24) is 34.3 Å². The van der Waals surface area contributed by atoms with Gasteiger partial charge in [-0.3, -0.25) is 19.2 Å². The van der Waals surface area contributed by atoms with Crippen LogP contribution in [0.5, 0.6) is 0 Å². The summed E-state index contributed by atoms with van der Waals surface area (Å²) in [4.78, 5) is 81.1. The van der Waals surface area contributed by atoms with Crippen molar-refractivity contribution in [3.8, 4) is 0 Å². The molecule has 14 nitrogen and oxygen atoms in total. The highest BCUT2D eigenvalue weighted by atomic mass is 35.5. The Bertz CT molecular complexity index is 3490. The Labute approximate surface area is 543 Å². The molecule has 0 saturated carbocycles. The van der Waals surface area contributed by atoms with Gasteiger partial charge in [0, 0.05) is 56.7 Å². The van der Waals surface area contributed by atoms with E-state index in [4.69, 9.17) is 62.1 Å². The fraction of sp³-hybridized carbons (Fsp3) is 0.485. The Morgan fingerprint density at radius 1 is 0.557 bits per heavy atom. The second kappa shape index (κ2) is 25.1. The number of rotatable bonds is 11. The molecule has 0 aromatic heterocycles. The van der Waals surface area contributed by atoms with Crippen LogP contribution in [0, 0.1) is 11.8 Å². The first-order valence-corrected chi connectivity index (χ1v) is 33.4. The molecule has 88 heavy (non-hydrogen) atoms. The number of nitrogens with zero attached hydrogens (tertiary/aromatic N) is 9. The van der Waals surface area contributed by atoms with E-state index in [9.17, 15) is 28.0 Å². The molecule has 4 aromatic rings. The van der Waals surface area contributed by atoms with E-state index in [-0.39, 0.29) is 85.3 Å². The van der Waals surface area contributed by atoms with Crippen molar-refractivity contribution in [2.75, 3.05) is 40.3 Å². The number of hydrogen-bond donors (Lipinski definition) is 1. The van der Waals surface area contributed by atoms with Crippen molar-refractivity contribution in [2.24, 2.45) is 27.6 Å². The molecule has 0 bridgehead atoms. The molecule has 0 spiro atoms. The molecule has 0 aliphatic carbocycles. The van der Waals surface area contributed by atoms with Gasteiger partial charge in [-0.05, 0) is 174 Å². The second-order valence-electron chi connectivity index (χ2n) is 25.7. The average Bonchev–Trinajstić information content (AvgIpc) is 1.60. The fourth-order valence-corrected chi connectivity index (χ4v) is 17.5. The Morgan fingerprint density at radius 2 is 0.909 bits per heavy atom. The fourth-order valence-electron chi connectivity index (χ4n) is 14.3. The molecular formula is C66H76Cl4F2N10O4S2. The first-order valence-electron chi connectivity index (χ1n) is 30.3. The average molecular weight is 1320 g/mol. The number of carbonyl (C=O) groups is 4. The molecular weight excluding hydrogens is 1240 g/mol. The van der Waals surface area contributed by atoms with E-state index in [0.29, 0.717) is 62.1 Å². The van der Waals surface area contributed by atoms with Crippen LogP contribution in [0.15, 0.2) is 128 Å². The van der Waals surface area contributed by atoms with Crippen LogP contribution in [0.4, 0.5) is 8.78 Å². The molecule has 22 heteroatoms. The van der Waals surface area contributed by atoms with Crippen LogP contribution >= 0.6 is 69.9 Å². The molecule has 8 aliphatic heterocycles. The number of aliphatic imine (C=N–C) groups is 2. The zero-order valence-corrected chi connectivity index (χ0v) is 55.8. The van der Waals surface area contributed by atoms with Crippen molar-refractivity contribution in [3.63, 3.8) is 0 Å². The number of likely N-dealkylation sites (N-methyl/N-ethyl adjacent to an activating group) is 1. The largest absolute Gasteiger partial charge is 0.336 e. The van der Waals surface area contributed by atoms with E-state index in [1.165, 1.54) is 28.4 Å². The Balaban J connectivity index is 0.000000182. The Hall–Kier alpha value is -5.18. The normalized spacial score (nSPS) is 30.1. The SMILES string of the molecule is CC(C)C1=C(C(=O)N2[C@H](C)CC[C@H]2C(=O)N2C[C@@H](F)[C@H](N(C)C)C2)SC2=N[C@@](C)(c3ccc(Cl)cc3)[C@@H](c3ccc(Cl)cc3)N21.CC(C)C1=C(C(=O)N2[C@H](C)CC[C@H]2C(=O)N2C[C@@H](N)[C@H](F)C2)SC2=N[C@@](C)(c3ccc(Cl)cc3)[C@@H](c3ccc(Cl)cc3)N21. The Kier molecular flexibility index (Phi) is 18.4. The summed E-state index contributed by atoms with van der Waals surface area (Å²) in [7, 11) is 3.67. The van der Waals surface area contributed by atoms with Crippen LogP contribution in [-0.4, -0.2) is 157 Å². The predicted octanol–water partition coefficient (Wildman–Crippen LogP) is 12.8. The van der Waals surface area contributed by atoms with Gasteiger partial charge in [0.1, 0.15) is 45.3 Å². The summed E-state index contributed by atoms with van der Waals surface area (Å²) in [6, 6.07) is 28.0. The van der Waals surface area contributed by atoms with Crippen LogP contribution in [-0.2, 0) is 30.3 Å². The summed E-state index contributed by atoms with van der Waals surface area (Å²) in [5.41, 5.74) is 10.4. The highest BCUT2D eigenvalue weighted by molar-refractivity contribution is 8.18. The number of amidine groups is 2. The molecule has 4 aromatic carbocycles. The lowest BCUT2D eigenvalue weighted by atomic mass is 9.81. The van der Waals surface area contributed by atoms with Gasteiger partial charge in [-0.25, -0.2) is 18.8 Å². The number of thioether (sulfide) groups is 2. The zero-order chi connectivity index (χ0) is 63.2. The number of hydrogen-bond acceptors (Lipinski definition) is 12. The lowest BCUT2D eigenvalue weighted by Crippen LogP contribution is -2.50. The lowest BCUT2D eigenvalue weighted by Gasteiger charge is -2.37. The predicted molar refractivity (Wildman–Crippen MR) is 351 cm³/mol. The van der Waals surface area contributed by atoms with E-state index in [0.717, 1.165) is 44.0 Å². The lowest BCUT2D eigenvalue weighted by molar-refractivity contribution is -0.142. The summed E-state index contributed by atoms with van der Waals surface area (Å²) >= 11 is 27.9. The molecule has 0 radical (unpaired) electrons. The molecule has 8 heterocycles. The number of likely N-dealkylation sites (tertiary alicyclic amines) is 4. The summed E-state index contributed by atoms with van der Waals surface area (Å²) in [6.45, 7) is 17.0. The quantitative estimate of drug-likeness (QED) is 0.154. The third kappa shape index (κ3) is 11.6. The van der Waals surface area contributed by atoms with E-state index in [2.05, 4.69) is 51.3 Å². The molecule has 12 atom stereocenters. The molecule has 4 amide bonds. The number of carbonyl (C=O) groups excluding carboxylic acids is 4. The van der Waals surface area contributed by atoms with Crippen molar-refractivity contribution in [2.45, 2.75) is 153 Å². The number of amides is 4. The number of fused-ring (bicyclic) bond motifs is 2. The van der Waals surface area contributed by atoms with Gasteiger partial charge in [0.15, 0.2) is 10.3 Å². The standard InChI is InChI=1S/C34H40Cl2FN5O2S.C32H36Cl2FN5O2S/c1-19(2)28-29(32(44)41-20(3)7-16-26(41)31(43)40-17-25(37)27(18-40)39(5)6)45-33-38-34(4,22-10-14-24(36)15-11-22)30(42(28)33)21-8-12-23(35)13-9-21;1-17(2)26-27(30(42)39-18(3)5-14-25(39)29(41)38-15-23(35)24(36)16-38)43-31-37-32(4,20-8-12-22(34)13-9-20)28(40(26)31)19-6-10-21(33)11-7-19/h8-15,19-20,25-27,30H,7,16-18H2,1-6H3;6-13,17-18,23-25,28H,5,14-16,36H2,1-4H3/t20-,25-,26+,27-,30-,34+;18-,23-,24-,25+,28-,32+/m11/s1. The third-order valence-corrected chi connectivity index (χ3v) is 22.0. The van der Waals surface area contributed by atoms with E-state index >= 15 is 0 Å². The highest BCUT2D eigenvalue weighted by Gasteiger charge is 2.57. The van der Waals surface area contributed by atoms with Crippen molar-refractivity contribution in [3.05, 3.63) is 161 Å². The minimum absolute atomic E-state index is 0.00898. The smallest absolute Gasteiger partial charge is 0.263 e. The summed E-state index contributed by atoms with van der Waals surface area (Å²) in [6.07, 6.45) is 0.148. The van der Waals surface area contributed by atoms with E-state index < -0.39 is 41.5 Å². The summed E-state index contributed by atoms with van der Waals surface area (Å²) < 4.78 is 29.1. The van der Waals surface area contributed by atoms with Gasteiger partial charge in [-0.1, -0.05) is 123 Å². The zero-order valence-electron chi connectivity index (χ0n) is 51.1. The van der Waals surface area contributed by atoms with Gasteiger partial charge < -0.3 is 40.0 Å². The molecule has 8 aliphatic rings. The maximum atomic E-state index is 14.8. The number of benzene rings is 4. The Morgan fingerprint density at radius 3 is 1.24 bits per heavy atom. The minimum atomic E-state index is -1.25. The molecule has 0 unspecified atom stereocenters. The van der Waals surface area contributed by atoms with Crippen LogP contribution in [0.3, 0.4) is 0 Å². The van der Waals surface area contributed by atoms with Crippen molar-refractivity contribution >= 4 is 104 Å². The van der Waals surface area contributed by atoms with Gasteiger partial charge in [-0.2, -0.15) is 0 Å².